The highest BCUT2D eigenvalue weighted by Crippen LogP contribution is 2.42. The minimum atomic E-state index is -4.73. The van der Waals surface area contributed by atoms with Crippen molar-refractivity contribution in [2.75, 3.05) is 0 Å². The number of alkyl halides is 3. The number of benzene rings is 1. The molecule has 0 saturated heterocycles. The zero-order chi connectivity index (χ0) is 24.1. The molecule has 0 radical (unpaired) electrons. The fraction of sp³-hybridized carbons (Fsp3) is 0.333. The topological polar surface area (TPSA) is 107 Å². The van der Waals surface area contributed by atoms with Crippen molar-refractivity contribution >= 4 is 38.4 Å². The average Bonchev–Trinajstić information content (AvgIpc) is 3.00. The molecule has 1 aliphatic carbocycles. The smallest absolute Gasteiger partial charge is 0.366 e. The summed E-state index contributed by atoms with van der Waals surface area (Å²) in [5.41, 5.74) is 7.33. The highest BCUT2D eigenvalue weighted by molar-refractivity contribution is 7.89. The van der Waals surface area contributed by atoms with Gasteiger partial charge in [0.05, 0.1) is 17.0 Å². The number of sulfonamides is 1. The Morgan fingerprint density at radius 3 is 2.48 bits per heavy atom. The number of aromatic nitrogens is 2. The first-order valence-electron chi connectivity index (χ1n) is 10.1. The average molecular weight is 501 g/mol. The van der Waals surface area contributed by atoms with E-state index in [4.69, 9.17) is 17.3 Å². The molecular formula is C21H20ClF3N4O3S. The fourth-order valence-corrected chi connectivity index (χ4v) is 5.20. The number of carbonyl (C=O) groups is 1. The lowest BCUT2D eigenvalue weighted by atomic mass is 9.92. The lowest BCUT2D eigenvalue weighted by Gasteiger charge is -2.30. The maximum absolute atomic E-state index is 12.8. The van der Waals surface area contributed by atoms with Crippen LogP contribution in [0.15, 0.2) is 41.4 Å². The molecular weight excluding hydrogens is 481 g/mol. The molecule has 0 bridgehead atoms. The number of halogens is 4. The number of hydrogen-bond acceptors (Lipinski definition) is 4. The second-order valence-corrected chi connectivity index (χ2v) is 10.1. The van der Waals surface area contributed by atoms with Crippen LogP contribution in [0.4, 0.5) is 13.2 Å². The number of nitrogens with two attached hydrogens (primary N) is 1. The van der Waals surface area contributed by atoms with E-state index in [2.05, 4.69) is 4.98 Å². The van der Waals surface area contributed by atoms with Crippen LogP contribution in [0.5, 0.6) is 0 Å². The van der Waals surface area contributed by atoms with Gasteiger partial charge in [0.25, 0.3) is 5.91 Å². The third kappa shape index (κ3) is 4.32. The zero-order valence-electron chi connectivity index (χ0n) is 17.4. The monoisotopic (exact) mass is 500 g/mol. The summed E-state index contributed by atoms with van der Waals surface area (Å²) in [5, 5.41) is 0.970. The van der Waals surface area contributed by atoms with Gasteiger partial charge in [-0.1, -0.05) is 11.6 Å². The van der Waals surface area contributed by atoms with Crippen LogP contribution in [0.2, 0.25) is 5.02 Å². The number of pyridine rings is 1. The van der Waals surface area contributed by atoms with Gasteiger partial charge < -0.3 is 10.3 Å². The normalized spacial score (nSPS) is 16.0. The van der Waals surface area contributed by atoms with E-state index in [1.807, 2.05) is 4.57 Å². The maximum Gasteiger partial charge on any atom is 0.404 e. The largest absolute Gasteiger partial charge is 0.404 e. The van der Waals surface area contributed by atoms with E-state index in [1.54, 1.807) is 22.9 Å². The summed E-state index contributed by atoms with van der Waals surface area (Å²) in [6.45, 7) is 0.709. The number of nitrogens with zero attached hydrogens (tertiary/aromatic N) is 2. The molecule has 0 unspecified atom stereocenters. The van der Waals surface area contributed by atoms with Crippen LogP contribution < -0.4 is 10.5 Å². The molecule has 7 nitrogen and oxygen atoms in total. The number of fused-ring (bicyclic) bond motifs is 1. The quantitative estimate of drug-likeness (QED) is 0.522. The lowest BCUT2D eigenvalue weighted by Crippen LogP contribution is -2.42. The van der Waals surface area contributed by atoms with E-state index in [-0.39, 0.29) is 17.3 Å². The Kier molecular flexibility index (Phi) is 5.92. The van der Waals surface area contributed by atoms with Crippen molar-refractivity contribution in [2.45, 2.75) is 49.3 Å². The summed E-state index contributed by atoms with van der Waals surface area (Å²) in [4.78, 5) is 16.2. The predicted octanol–water partition coefficient (Wildman–Crippen LogP) is 4.41. The first-order chi connectivity index (χ1) is 15.4. The van der Waals surface area contributed by atoms with Gasteiger partial charge in [-0.25, -0.2) is 8.42 Å². The number of amides is 1. The van der Waals surface area contributed by atoms with Gasteiger partial charge in [0, 0.05) is 28.2 Å². The molecule has 0 aliphatic heterocycles. The van der Waals surface area contributed by atoms with E-state index in [0.29, 0.717) is 23.0 Å². The van der Waals surface area contributed by atoms with Gasteiger partial charge >= 0.3 is 6.18 Å². The van der Waals surface area contributed by atoms with E-state index in [0.717, 1.165) is 37.0 Å². The Bertz CT molecular complexity index is 1330. The highest BCUT2D eigenvalue weighted by atomic mass is 35.5. The van der Waals surface area contributed by atoms with Crippen LogP contribution in [0, 0.1) is 0 Å². The first-order valence-corrected chi connectivity index (χ1v) is 11.9. The van der Waals surface area contributed by atoms with Gasteiger partial charge in [0.1, 0.15) is 10.9 Å². The standard InChI is InChI=1S/C21H20ClF3N4O3S/c1-11(21(23,24)25)28-33(31,32)14-6-7-16(27-10-14)19-18(20(26)30)15-9-12(22)5-8-17(15)29(19)13-3-2-4-13/h5-11,13,28H,2-4H2,1H3,(H2,26,30)/t11-/m0/s1. The Hall–Kier alpha value is -2.63. The molecule has 1 amide bonds. The van der Waals surface area contributed by atoms with Crippen LogP contribution in [-0.4, -0.2) is 36.1 Å². The van der Waals surface area contributed by atoms with Crippen molar-refractivity contribution in [2.24, 2.45) is 5.73 Å². The minimum Gasteiger partial charge on any atom is -0.366 e. The number of primary amides is 1. The molecule has 33 heavy (non-hydrogen) atoms. The van der Waals surface area contributed by atoms with E-state index in [9.17, 15) is 26.4 Å². The van der Waals surface area contributed by atoms with Gasteiger partial charge in [-0.2, -0.15) is 17.9 Å². The summed E-state index contributed by atoms with van der Waals surface area (Å²) in [6.07, 6.45) is -1.01. The molecule has 1 aromatic carbocycles. The van der Waals surface area contributed by atoms with E-state index >= 15 is 0 Å². The van der Waals surface area contributed by atoms with Gasteiger partial charge in [-0.3, -0.25) is 9.78 Å². The van der Waals surface area contributed by atoms with Crippen molar-refractivity contribution in [1.29, 1.82) is 0 Å². The maximum atomic E-state index is 12.8. The zero-order valence-corrected chi connectivity index (χ0v) is 18.9. The SMILES string of the molecule is C[C@H](NS(=O)(=O)c1ccc(-c2c(C(N)=O)c3cc(Cl)ccc3n2C2CCC2)nc1)C(F)(F)F. The molecule has 1 aliphatic rings. The molecule has 1 fully saturated rings. The first kappa shape index (κ1) is 23.5. The second-order valence-electron chi connectivity index (χ2n) is 7.97. The van der Waals surface area contributed by atoms with Crippen LogP contribution in [0.3, 0.4) is 0 Å². The molecule has 176 valence electrons. The van der Waals surface area contributed by atoms with Crippen LogP contribution in [0.25, 0.3) is 22.3 Å². The van der Waals surface area contributed by atoms with Gasteiger partial charge in [0.2, 0.25) is 10.0 Å². The van der Waals surface area contributed by atoms with Crippen molar-refractivity contribution in [1.82, 2.24) is 14.3 Å². The summed E-state index contributed by atoms with van der Waals surface area (Å²) >= 11 is 6.14. The molecule has 3 aromatic rings. The number of rotatable bonds is 6. The van der Waals surface area contributed by atoms with Crippen molar-refractivity contribution in [3.63, 3.8) is 0 Å². The fourth-order valence-electron chi connectivity index (χ4n) is 3.86. The minimum absolute atomic E-state index is 0.0938. The number of hydrogen-bond donors (Lipinski definition) is 2. The molecule has 1 atom stereocenters. The molecule has 3 N–H and O–H groups in total. The van der Waals surface area contributed by atoms with Gasteiger partial charge in [0.15, 0.2) is 0 Å². The van der Waals surface area contributed by atoms with Crippen LogP contribution in [0.1, 0.15) is 42.6 Å². The summed E-state index contributed by atoms with van der Waals surface area (Å²) in [7, 11) is -4.47. The van der Waals surface area contributed by atoms with Crippen LogP contribution >= 0.6 is 11.6 Å². The third-order valence-corrected chi connectivity index (χ3v) is 7.52. The second kappa shape index (κ2) is 8.30. The molecule has 4 rings (SSSR count). The van der Waals surface area contributed by atoms with Gasteiger partial charge in [-0.15, -0.1) is 0 Å². The predicted molar refractivity (Wildman–Crippen MR) is 117 cm³/mol. The van der Waals surface area contributed by atoms with Crippen LogP contribution in [-0.2, 0) is 10.0 Å². The lowest BCUT2D eigenvalue weighted by molar-refractivity contribution is -0.147. The Morgan fingerprint density at radius 2 is 1.97 bits per heavy atom. The third-order valence-electron chi connectivity index (χ3n) is 5.76. The Morgan fingerprint density at radius 1 is 1.27 bits per heavy atom. The number of carbonyl (C=O) groups excluding carboxylic acids is 1. The Balaban J connectivity index is 1.83. The molecule has 2 heterocycles. The Labute approximate surface area is 192 Å². The van der Waals surface area contributed by atoms with Gasteiger partial charge in [-0.05, 0) is 56.5 Å². The van der Waals surface area contributed by atoms with Crippen molar-refractivity contribution in [3.05, 3.63) is 47.1 Å². The van der Waals surface area contributed by atoms with E-state index in [1.165, 1.54) is 6.07 Å². The summed E-state index contributed by atoms with van der Waals surface area (Å²) in [6, 6.07) is 5.44. The van der Waals surface area contributed by atoms with E-state index < -0.39 is 33.0 Å². The van der Waals surface area contributed by atoms with Crippen molar-refractivity contribution < 1.29 is 26.4 Å². The summed E-state index contributed by atoms with van der Waals surface area (Å²) in [5.74, 6) is -0.700. The number of nitrogens with one attached hydrogen (secondary N) is 1. The summed E-state index contributed by atoms with van der Waals surface area (Å²) < 4.78 is 66.7. The van der Waals surface area contributed by atoms with Crippen molar-refractivity contribution in [3.8, 4) is 11.4 Å². The highest BCUT2D eigenvalue weighted by Gasteiger charge is 2.39. The molecule has 0 spiro atoms. The molecule has 12 heteroatoms. The molecule has 1 saturated carbocycles. The molecule has 2 aromatic heterocycles.